The van der Waals surface area contributed by atoms with Gasteiger partial charge in [-0.05, 0) is 26.3 Å². The monoisotopic (exact) mass is 278 g/mol. The molecule has 0 saturated carbocycles. The van der Waals surface area contributed by atoms with Crippen molar-refractivity contribution in [3.63, 3.8) is 0 Å². The molecule has 2 aromatic rings. The summed E-state index contributed by atoms with van der Waals surface area (Å²) in [5.41, 5.74) is 3.57. The molecule has 0 radical (unpaired) electrons. The minimum absolute atomic E-state index is 0.187. The molecule has 2 aromatic heterocycles. The number of carboxylic acid groups (broad SMARTS) is 1. The second-order valence-corrected chi connectivity index (χ2v) is 5.32. The van der Waals surface area contributed by atoms with Crippen molar-refractivity contribution >= 4 is 17.3 Å². The first-order valence-corrected chi connectivity index (χ1v) is 6.63. The summed E-state index contributed by atoms with van der Waals surface area (Å²) in [6.45, 7) is 5.54. The Labute approximate surface area is 114 Å². The van der Waals surface area contributed by atoms with Gasteiger partial charge in [-0.3, -0.25) is 4.79 Å². The lowest BCUT2D eigenvalue weighted by atomic mass is 10.1. The predicted molar refractivity (Wildman–Crippen MR) is 73.1 cm³/mol. The highest BCUT2D eigenvalue weighted by Gasteiger charge is 2.16. The van der Waals surface area contributed by atoms with Gasteiger partial charge < -0.3 is 9.67 Å². The first-order valence-electron chi connectivity index (χ1n) is 5.75. The van der Waals surface area contributed by atoms with Gasteiger partial charge >= 0.3 is 5.97 Å². The summed E-state index contributed by atoms with van der Waals surface area (Å²) in [5.74, 6) is -1.01. The van der Waals surface area contributed by atoms with Crippen LogP contribution in [0.25, 0.3) is 0 Å². The van der Waals surface area contributed by atoms with Crippen LogP contribution in [0.15, 0.2) is 16.4 Å². The maximum absolute atomic E-state index is 12.0. The number of aryl methyl sites for hydroxylation is 2. The Balaban J connectivity index is 2.58. The second-order valence-electron chi connectivity index (χ2n) is 4.38. The van der Waals surface area contributed by atoms with Crippen LogP contribution in [0, 0.1) is 20.8 Å². The number of hydrogen-bond donors (Lipinski definition) is 1. The molecule has 0 aliphatic heterocycles. The molecule has 5 nitrogen and oxygen atoms in total. The highest BCUT2D eigenvalue weighted by Crippen LogP contribution is 2.16. The van der Waals surface area contributed by atoms with Crippen LogP contribution >= 0.6 is 11.3 Å². The van der Waals surface area contributed by atoms with Gasteiger partial charge in [0.25, 0.3) is 5.56 Å². The average molecular weight is 278 g/mol. The molecule has 100 valence electrons. The van der Waals surface area contributed by atoms with E-state index in [1.54, 1.807) is 19.4 Å². The molecule has 0 saturated heterocycles. The zero-order valence-electron chi connectivity index (χ0n) is 10.9. The lowest BCUT2D eigenvalue weighted by Crippen LogP contribution is -2.26. The van der Waals surface area contributed by atoms with Crippen LogP contribution in [0.1, 0.15) is 32.2 Å². The van der Waals surface area contributed by atoms with E-state index in [9.17, 15) is 14.7 Å². The average Bonchev–Trinajstić information content (AvgIpc) is 2.69. The van der Waals surface area contributed by atoms with Crippen molar-refractivity contribution in [1.29, 1.82) is 0 Å². The van der Waals surface area contributed by atoms with E-state index in [-0.39, 0.29) is 11.1 Å². The molecule has 0 amide bonds. The maximum Gasteiger partial charge on any atom is 0.337 e. The molecule has 0 spiro atoms. The summed E-state index contributed by atoms with van der Waals surface area (Å²) >= 11 is 1.46. The Hall–Kier alpha value is -1.95. The van der Waals surface area contributed by atoms with E-state index in [1.165, 1.54) is 22.0 Å². The van der Waals surface area contributed by atoms with Crippen molar-refractivity contribution in [3.05, 3.63) is 49.3 Å². The third-order valence-electron chi connectivity index (χ3n) is 3.13. The fraction of sp³-hybridized carbons (Fsp3) is 0.308. The molecule has 0 aromatic carbocycles. The molecular weight excluding hydrogens is 264 g/mol. The molecule has 0 fully saturated rings. The summed E-state index contributed by atoms with van der Waals surface area (Å²) in [5, 5.41) is 9.22. The van der Waals surface area contributed by atoms with Gasteiger partial charge in [0, 0.05) is 16.6 Å². The van der Waals surface area contributed by atoms with E-state index in [4.69, 9.17) is 0 Å². The van der Waals surface area contributed by atoms with Crippen LogP contribution in [0.3, 0.4) is 0 Å². The molecule has 0 aliphatic rings. The summed E-state index contributed by atoms with van der Waals surface area (Å²) in [6, 6.07) is 1.37. The first kappa shape index (κ1) is 13.5. The minimum atomic E-state index is -1.01. The Morgan fingerprint density at radius 1 is 1.42 bits per heavy atom. The topological polar surface area (TPSA) is 72.2 Å². The summed E-state index contributed by atoms with van der Waals surface area (Å²) in [6.07, 6.45) is 0. The number of aromatic nitrogens is 2. The van der Waals surface area contributed by atoms with E-state index in [0.717, 1.165) is 10.6 Å². The molecule has 19 heavy (non-hydrogen) atoms. The second kappa shape index (κ2) is 4.97. The number of hydrogen-bond acceptors (Lipinski definition) is 4. The van der Waals surface area contributed by atoms with E-state index < -0.39 is 5.97 Å². The molecule has 6 heteroatoms. The van der Waals surface area contributed by atoms with Gasteiger partial charge in [-0.1, -0.05) is 0 Å². The zero-order chi connectivity index (χ0) is 14.2. The molecule has 2 rings (SSSR count). The Bertz CT molecular complexity index is 700. The highest BCUT2D eigenvalue weighted by atomic mass is 32.1. The predicted octanol–water partition coefficient (Wildman–Crippen LogP) is 1.98. The van der Waals surface area contributed by atoms with Crippen molar-refractivity contribution in [2.45, 2.75) is 27.3 Å². The Kier molecular flexibility index (Phi) is 3.53. The Morgan fingerprint density at radius 2 is 2.11 bits per heavy atom. The number of pyridine rings is 1. The number of nitrogens with zero attached hydrogens (tertiary/aromatic N) is 2. The van der Waals surface area contributed by atoms with E-state index >= 15 is 0 Å². The number of rotatable bonds is 3. The first-order chi connectivity index (χ1) is 8.91. The van der Waals surface area contributed by atoms with Crippen LogP contribution in [-0.4, -0.2) is 20.6 Å². The third-order valence-corrected chi connectivity index (χ3v) is 4.05. The molecule has 2 heterocycles. The third kappa shape index (κ3) is 2.44. The maximum atomic E-state index is 12.0. The molecular formula is C13H14N2O3S. The number of aromatic carboxylic acids is 1. The van der Waals surface area contributed by atoms with E-state index in [1.807, 2.05) is 6.92 Å². The van der Waals surface area contributed by atoms with Crippen molar-refractivity contribution in [2.24, 2.45) is 0 Å². The van der Waals surface area contributed by atoms with Crippen molar-refractivity contribution < 1.29 is 9.90 Å². The van der Waals surface area contributed by atoms with E-state index in [2.05, 4.69) is 4.98 Å². The van der Waals surface area contributed by atoms with Gasteiger partial charge in [0.05, 0.1) is 23.3 Å². The number of carboxylic acids is 1. The van der Waals surface area contributed by atoms with Crippen LogP contribution in [0.4, 0.5) is 0 Å². The van der Waals surface area contributed by atoms with Crippen LogP contribution in [-0.2, 0) is 6.54 Å². The van der Waals surface area contributed by atoms with Crippen LogP contribution in [0.2, 0.25) is 0 Å². The molecule has 0 bridgehead atoms. The van der Waals surface area contributed by atoms with Gasteiger partial charge in [0.2, 0.25) is 0 Å². The summed E-state index contributed by atoms with van der Waals surface area (Å²) in [7, 11) is 0. The normalized spacial score (nSPS) is 10.7. The van der Waals surface area contributed by atoms with Gasteiger partial charge in [0.15, 0.2) is 0 Å². The molecule has 0 aliphatic carbocycles. The number of thiazole rings is 1. The lowest BCUT2D eigenvalue weighted by Gasteiger charge is -2.13. The summed E-state index contributed by atoms with van der Waals surface area (Å²) in [4.78, 5) is 28.4. The summed E-state index contributed by atoms with van der Waals surface area (Å²) < 4.78 is 1.48. The fourth-order valence-corrected chi connectivity index (χ4v) is 2.83. The fourth-order valence-electron chi connectivity index (χ4n) is 2.06. The highest BCUT2D eigenvalue weighted by molar-refractivity contribution is 7.09. The molecule has 0 atom stereocenters. The van der Waals surface area contributed by atoms with Crippen molar-refractivity contribution in [2.75, 3.05) is 0 Å². The minimum Gasteiger partial charge on any atom is -0.478 e. The van der Waals surface area contributed by atoms with Crippen LogP contribution in [0.5, 0.6) is 0 Å². The number of carbonyl (C=O) groups is 1. The van der Waals surface area contributed by atoms with Gasteiger partial charge in [0.1, 0.15) is 0 Å². The molecule has 1 N–H and O–H groups in total. The van der Waals surface area contributed by atoms with E-state index in [0.29, 0.717) is 17.8 Å². The quantitative estimate of drug-likeness (QED) is 0.931. The lowest BCUT2D eigenvalue weighted by molar-refractivity contribution is 0.0694. The smallest absolute Gasteiger partial charge is 0.337 e. The van der Waals surface area contributed by atoms with Gasteiger partial charge in [-0.25, -0.2) is 9.78 Å². The van der Waals surface area contributed by atoms with Gasteiger partial charge in [-0.15, -0.1) is 11.3 Å². The van der Waals surface area contributed by atoms with Crippen molar-refractivity contribution in [1.82, 2.24) is 9.55 Å². The largest absolute Gasteiger partial charge is 0.478 e. The molecule has 0 unspecified atom stereocenters. The van der Waals surface area contributed by atoms with Gasteiger partial charge in [-0.2, -0.15) is 0 Å². The SMILES string of the molecule is Cc1cc(=O)n(Cc2scnc2C)c(C)c1C(=O)O. The van der Waals surface area contributed by atoms with Crippen molar-refractivity contribution in [3.8, 4) is 0 Å². The Morgan fingerprint density at radius 3 is 2.63 bits per heavy atom. The standard InChI is InChI=1S/C13H14N2O3S/c1-7-4-11(16)15(9(3)12(7)13(17)18)5-10-8(2)14-6-19-10/h4,6H,5H2,1-3H3,(H,17,18). The zero-order valence-corrected chi connectivity index (χ0v) is 11.7. The van der Waals surface area contributed by atoms with Crippen LogP contribution < -0.4 is 5.56 Å².